The van der Waals surface area contributed by atoms with Gasteiger partial charge in [-0.1, -0.05) is 30.3 Å². The molecule has 0 saturated carbocycles. The highest BCUT2D eigenvalue weighted by molar-refractivity contribution is 6.07. The van der Waals surface area contributed by atoms with Crippen molar-refractivity contribution in [2.45, 2.75) is 0 Å². The summed E-state index contributed by atoms with van der Waals surface area (Å²) >= 11 is 0. The minimum Gasteiger partial charge on any atom is -0.478 e. The third-order valence-corrected chi connectivity index (χ3v) is 3.33. The molecule has 0 aliphatic rings. The first kappa shape index (κ1) is 12.9. The Kier molecular flexibility index (Phi) is 2.95. The fraction of sp³-hybridized carbons (Fsp3) is 0. The molecular weight excluding hydrogens is 270 g/mol. The maximum absolute atomic E-state index is 11.5. The molecular formula is C16H11NO4. The molecule has 3 rings (SSSR count). The van der Waals surface area contributed by atoms with E-state index in [1.165, 1.54) is 12.1 Å². The van der Waals surface area contributed by atoms with E-state index in [2.05, 4.69) is 4.98 Å². The highest BCUT2D eigenvalue weighted by Crippen LogP contribution is 2.29. The van der Waals surface area contributed by atoms with Crippen LogP contribution < -0.4 is 0 Å². The zero-order valence-electron chi connectivity index (χ0n) is 10.8. The lowest BCUT2D eigenvalue weighted by Gasteiger charge is -2.07. The minimum absolute atomic E-state index is 0.212. The lowest BCUT2D eigenvalue weighted by Crippen LogP contribution is -2.09. The van der Waals surface area contributed by atoms with E-state index in [1.54, 1.807) is 6.07 Å². The summed E-state index contributed by atoms with van der Waals surface area (Å²) in [4.78, 5) is 25.8. The Hall–Kier alpha value is -3.08. The Morgan fingerprint density at radius 3 is 2.33 bits per heavy atom. The van der Waals surface area contributed by atoms with Crippen LogP contribution in [0.2, 0.25) is 0 Å². The van der Waals surface area contributed by atoms with E-state index in [4.69, 9.17) is 5.11 Å². The zero-order valence-corrected chi connectivity index (χ0v) is 10.8. The lowest BCUT2D eigenvalue weighted by molar-refractivity contribution is 0.0652. The first-order valence-electron chi connectivity index (χ1n) is 6.25. The number of fused-ring (bicyclic) bond motifs is 1. The van der Waals surface area contributed by atoms with Crippen LogP contribution in [0.1, 0.15) is 20.7 Å². The number of para-hydroxylation sites is 1. The molecule has 0 aliphatic carbocycles. The van der Waals surface area contributed by atoms with Crippen LogP contribution >= 0.6 is 0 Å². The normalized spacial score (nSPS) is 10.7. The van der Waals surface area contributed by atoms with Crippen LogP contribution in [-0.4, -0.2) is 27.1 Å². The Bertz CT molecular complexity index is 831. The molecule has 3 aromatic rings. The van der Waals surface area contributed by atoms with Crippen molar-refractivity contribution in [3.63, 3.8) is 0 Å². The second-order valence-corrected chi connectivity index (χ2v) is 4.61. The second kappa shape index (κ2) is 4.79. The average Bonchev–Trinajstić information content (AvgIpc) is 2.90. The van der Waals surface area contributed by atoms with E-state index in [-0.39, 0.29) is 11.1 Å². The van der Waals surface area contributed by atoms with E-state index in [0.29, 0.717) is 11.3 Å². The quantitative estimate of drug-likeness (QED) is 0.687. The summed E-state index contributed by atoms with van der Waals surface area (Å²) in [5.41, 5.74) is 1.37. The van der Waals surface area contributed by atoms with Crippen molar-refractivity contribution in [3.05, 3.63) is 59.7 Å². The smallest absolute Gasteiger partial charge is 0.337 e. The van der Waals surface area contributed by atoms with Gasteiger partial charge in [0.1, 0.15) is 0 Å². The largest absolute Gasteiger partial charge is 0.478 e. The van der Waals surface area contributed by atoms with Crippen LogP contribution in [0.4, 0.5) is 0 Å². The van der Waals surface area contributed by atoms with Gasteiger partial charge in [-0.3, -0.25) is 0 Å². The van der Waals surface area contributed by atoms with E-state index in [0.717, 1.165) is 10.9 Å². The van der Waals surface area contributed by atoms with Gasteiger partial charge in [0.25, 0.3) is 0 Å². The molecule has 0 aliphatic heterocycles. The van der Waals surface area contributed by atoms with Gasteiger partial charge in [0, 0.05) is 22.2 Å². The molecule has 0 saturated heterocycles. The molecule has 0 unspecified atom stereocenters. The number of hydrogen-bond acceptors (Lipinski definition) is 2. The molecule has 5 nitrogen and oxygen atoms in total. The average molecular weight is 281 g/mol. The number of hydrogen-bond donors (Lipinski definition) is 3. The monoisotopic (exact) mass is 281 g/mol. The van der Waals surface area contributed by atoms with E-state index < -0.39 is 11.9 Å². The van der Waals surface area contributed by atoms with Crippen LogP contribution in [0.15, 0.2) is 48.5 Å². The maximum Gasteiger partial charge on any atom is 0.337 e. The fourth-order valence-electron chi connectivity index (χ4n) is 2.40. The number of aromatic carboxylic acids is 2. The number of aromatic nitrogens is 1. The van der Waals surface area contributed by atoms with Crippen molar-refractivity contribution in [2.24, 2.45) is 0 Å². The Morgan fingerprint density at radius 2 is 1.67 bits per heavy atom. The van der Waals surface area contributed by atoms with Gasteiger partial charge in [-0.15, -0.1) is 0 Å². The highest BCUT2D eigenvalue weighted by Gasteiger charge is 2.21. The van der Waals surface area contributed by atoms with E-state index >= 15 is 0 Å². The number of aromatic amines is 1. The van der Waals surface area contributed by atoms with Crippen LogP contribution in [0, 0.1) is 0 Å². The number of rotatable bonds is 3. The van der Waals surface area contributed by atoms with Gasteiger partial charge in [0.15, 0.2) is 0 Å². The van der Waals surface area contributed by atoms with Crippen molar-refractivity contribution in [1.29, 1.82) is 0 Å². The minimum atomic E-state index is -1.26. The molecule has 0 spiro atoms. The summed E-state index contributed by atoms with van der Waals surface area (Å²) < 4.78 is 0. The number of carboxylic acid groups (broad SMARTS) is 2. The molecule has 0 amide bonds. The van der Waals surface area contributed by atoms with E-state index in [1.807, 2.05) is 30.3 Å². The molecule has 21 heavy (non-hydrogen) atoms. The van der Waals surface area contributed by atoms with Crippen LogP contribution in [-0.2, 0) is 0 Å². The predicted molar refractivity (Wildman–Crippen MR) is 77.7 cm³/mol. The van der Waals surface area contributed by atoms with Gasteiger partial charge in [0.2, 0.25) is 0 Å². The van der Waals surface area contributed by atoms with Crippen molar-refractivity contribution in [1.82, 2.24) is 4.98 Å². The third-order valence-electron chi connectivity index (χ3n) is 3.33. The Morgan fingerprint density at radius 1 is 0.905 bits per heavy atom. The summed E-state index contributed by atoms with van der Waals surface area (Å²) in [6, 6.07) is 13.8. The second-order valence-electron chi connectivity index (χ2n) is 4.61. The predicted octanol–water partition coefficient (Wildman–Crippen LogP) is 3.23. The van der Waals surface area contributed by atoms with Gasteiger partial charge in [0.05, 0.1) is 11.1 Å². The summed E-state index contributed by atoms with van der Waals surface area (Å²) in [6.07, 6.45) is 0. The van der Waals surface area contributed by atoms with Crippen LogP contribution in [0.25, 0.3) is 22.2 Å². The maximum atomic E-state index is 11.5. The number of carboxylic acids is 2. The fourth-order valence-corrected chi connectivity index (χ4v) is 2.40. The lowest BCUT2D eigenvalue weighted by atomic mass is 9.98. The molecule has 0 bridgehead atoms. The van der Waals surface area contributed by atoms with Gasteiger partial charge < -0.3 is 15.2 Å². The molecule has 0 fully saturated rings. The third kappa shape index (κ3) is 2.14. The number of benzene rings is 2. The molecule has 104 valence electrons. The number of nitrogens with one attached hydrogen (secondary N) is 1. The number of carbonyl (C=O) groups is 2. The van der Waals surface area contributed by atoms with E-state index in [9.17, 15) is 14.7 Å². The van der Waals surface area contributed by atoms with Gasteiger partial charge in [-0.05, 0) is 18.2 Å². The van der Waals surface area contributed by atoms with Crippen molar-refractivity contribution < 1.29 is 19.8 Å². The molecule has 5 heteroatoms. The molecule has 0 atom stereocenters. The molecule has 2 aromatic carbocycles. The van der Waals surface area contributed by atoms with Crippen LogP contribution in [0.5, 0.6) is 0 Å². The Labute approximate surface area is 119 Å². The topological polar surface area (TPSA) is 90.4 Å². The standard InChI is InChI=1S/C16H11NO4/c18-15(19)11-6-3-5-10(14(11)16(20)21)13-8-9-4-1-2-7-12(9)17-13/h1-8,17H,(H,18,19)(H,20,21). The summed E-state index contributed by atoms with van der Waals surface area (Å²) in [5, 5.41) is 19.4. The highest BCUT2D eigenvalue weighted by atomic mass is 16.4. The van der Waals surface area contributed by atoms with Gasteiger partial charge in [-0.25, -0.2) is 9.59 Å². The summed E-state index contributed by atoms with van der Waals surface area (Å²) in [6.45, 7) is 0. The van der Waals surface area contributed by atoms with Crippen molar-refractivity contribution in [2.75, 3.05) is 0 Å². The van der Waals surface area contributed by atoms with Crippen molar-refractivity contribution in [3.8, 4) is 11.3 Å². The first-order valence-corrected chi connectivity index (χ1v) is 6.25. The molecule has 1 heterocycles. The molecule has 1 aromatic heterocycles. The number of H-pyrrole nitrogens is 1. The summed E-state index contributed by atoms with van der Waals surface area (Å²) in [7, 11) is 0. The molecule has 0 radical (unpaired) electrons. The Balaban J connectivity index is 2.28. The zero-order chi connectivity index (χ0) is 15.0. The van der Waals surface area contributed by atoms with Crippen molar-refractivity contribution >= 4 is 22.8 Å². The molecule has 3 N–H and O–H groups in total. The van der Waals surface area contributed by atoms with Gasteiger partial charge in [-0.2, -0.15) is 0 Å². The first-order chi connectivity index (χ1) is 10.1. The van der Waals surface area contributed by atoms with Crippen LogP contribution in [0.3, 0.4) is 0 Å². The SMILES string of the molecule is O=C(O)c1cccc(-c2cc3ccccc3[nH]2)c1C(=O)O. The van der Waals surface area contributed by atoms with Gasteiger partial charge >= 0.3 is 11.9 Å². The summed E-state index contributed by atoms with van der Waals surface area (Å²) in [5.74, 6) is -2.52.